The van der Waals surface area contributed by atoms with Crippen molar-refractivity contribution in [3.63, 3.8) is 0 Å². The molecule has 1 aromatic carbocycles. The Bertz CT molecular complexity index is 991. The second-order valence-corrected chi connectivity index (χ2v) is 9.98. The van der Waals surface area contributed by atoms with Crippen molar-refractivity contribution in [1.29, 1.82) is 0 Å². The van der Waals surface area contributed by atoms with Gasteiger partial charge in [0, 0.05) is 19.2 Å². The molecule has 0 unspecified atom stereocenters. The van der Waals surface area contributed by atoms with Crippen LogP contribution in [0.4, 0.5) is 0 Å². The molecule has 1 saturated heterocycles. The Hall–Kier alpha value is -2.20. The third-order valence-corrected chi connectivity index (χ3v) is 7.52. The fraction of sp³-hybridized carbons (Fsp3) is 0.467. The zero-order valence-corrected chi connectivity index (χ0v) is 19.6. The Morgan fingerprint density at radius 1 is 0.970 bits per heavy atom. The smallest absolute Gasteiger partial charge is 0.0764 e. The number of allylic oxidation sites excluding steroid dienone is 8. The molecule has 2 N–H and O–H groups in total. The molecule has 0 amide bonds. The van der Waals surface area contributed by atoms with Gasteiger partial charge in [0.15, 0.2) is 0 Å². The predicted octanol–water partition coefficient (Wildman–Crippen LogP) is 5.69. The van der Waals surface area contributed by atoms with Gasteiger partial charge in [0.05, 0.1) is 6.10 Å². The van der Waals surface area contributed by atoms with Crippen LogP contribution in [0.3, 0.4) is 0 Å². The summed E-state index contributed by atoms with van der Waals surface area (Å²) in [6, 6.07) is 10.1. The van der Waals surface area contributed by atoms with E-state index in [0.717, 1.165) is 37.3 Å². The van der Waals surface area contributed by atoms with Crippen molar-refractivity contribution >= 4 is 5.57 Å². The number of nitrogens with zero attached hydrogens (tertiary/aromatic N) is 1. The van der Waals surface area contributed by atoms with Crippen LogP contribution in [0.25, 0.3) is 5.57 Å². The maximum atomic E-state index is 10.4. The van der Waals surface area contributed by atoms with Gasteiger partial charge in [0.1, 0.15) is 0 Å². The molecule has 0 radical (unpaired) electrons. The van der Waals surface area contributed by atoms with Crippen LogP contribution in [0.15, 0.2) is 77.4 Å². The Morgan fingerprint density at radius 2 is 1.79 bits per heavy atom. The molecule has 33 heavy (non-hydrogen) atoms. The second-order valence-electron chi connectivity index (χ2n) is 9.98. The Morgan fingerprint density at radius 3 is 2.48 bits per heavy atom. The molecule has 3 nitrogen and oxygen atoms in total. The molecule has 1 saturated carbocycles. The normalized spacial score (nSPS) is 26.2. The van der Waals surface area contributed by atoms with E-state index in [9.17, 15) is 10.2 Å². The van der Waals surface area contributed by atoms with Gasteiger partial charge in [-0.05, 0) is 103 Å². The first-order valence-electron chi connectivity index (χ1n) is 12.8. The summed E-state index contributed by atoms with van der Waals surface area (Å²) in [6.45, 7) is 2.62. The van der Waals surface area contributed by atoms with E-state index in [1.54, 1.807) is 0 Å². The highest BCUT2D eigenvalue weighted by Crippen LogP contribution is 2.39. The van der Waals surface area contributed by atoms with E-state index in [-0.39, 0.29) is 6.61 Å². The van der Waals surface area contributed by atoms with Crippen molar-refractivity contribution in [3.8, 4) is 0 Å². The van der Waals surface area contributed by atoms with Crippen molar-refractivity contribution in [2.75, 3.05) is 19.7 Å². The van der Waals surface area contributed by atoms with Crippen LogP contribution >= 0.6 is 0 Å². The van der Waals surface area contributed by atoms with E-state index in [1.165, 1.54) is 60.2 Å². The minimum atomic E-state index is -0.443. The summed E-state index contributed by atoms with van der Waals surface area (Å²) in [5, 5.41) is 20.0. The maximum Gasteiger partial charge on any atom is 0.0764 e. The van der Waals surface area contributed by atoms with Gasteiger partial charge in [-0.25, -0.2) is 0 Å². The molecule has 3 heteroatoms. The van der Waals surface area contributed by atoms with Crippen molar-refractivity contribution in [2.45, 2.75) is 69.4 Å². The molecule has 2 atom stereocenters. The molecule has 3 aliphatic carbocycles. The minimum absolute atomic E-state index is 0.184. The van der Waals surface area contributed by atoms with Crippen molar-refractivity contribution < 1.29 is 10.2 Å². The molecule has 0 aromatic heterocycles. The van der Waals surface area contributed by atoms with Gasteiger partial charge in [-0.2, -0.15) is 0 Å². The molecule has 1 heterocycles. The van der Waals surface area contributed by atoms with Crippen LogP contribution in [0.5, 0.6) is 0 Å². The molecule has 1 aromatic rings. The maximum absolute atomic E-state index is 10.4. The minimum Gasteiger partial charge on any atom is -0.396 e. The Kier molecular flexibility index (Phi) is 7.10. The lowest BCUT2D eigenvalue weighted by Crippen LogP contribution is -2.22. The number of benzene rings is 1. The van der Waals surface area contributed by atoms with Crippen LogP contribution in [0, 0.1) is 0 Å². The number of hydrogen-bond acceptors (Lipinski definition) is 3. The fourth-order valence-electron chi connectivity index (χ4n) is 5.61. The van der Waals surface area contributed by atoms with E-state index in [0.29, 0.717) is 12.3 Å². The lowest BCUT2D eigenvalue weighted by atomic mass is 9.83. The van der Waals surface area contributed by atoms with Gasteiger partial charge in [-0.1, -0.05) is 54.6 Å². The van der Waals surface area contributed by atoms with Crippen LogP contribution in [-0.4, -0.2) is 47.0 Å². The third-order valence-electron chi connectivity index (χ3n) is 7.52. The first kappa shape index (κ1) is 22.6. The summed E-state index contributed by atoms with van der Waals surface area (Å²) in [6.07, 6.45) is 21.0. The van der Waals surface area contributed by atoms with Gasteiger partial charge in [-0.15, -0.1) is 0 Å². The van der Waals surface area contributed by atoms with Gasteiger partial charge < -0.3 is 10.2 Å². The molecule has 2 fully saturated rings. The molecule has 1 aliphatic heterocycles. The zero-order chi connectivity index (χ0) is 22.6. The van der Waals surface area contributed by atoms with Crippen molar-refractivity contribution in [1.82, 2.24) is 4.90 Å². The first-order valence-corrected chi connectivity index (χ1v) is 12.8. The summed E-state index contributed by atoms with van der Waals surface area (Å²) in [5.74, 6) is 0.639. The van der Waals surface area contributed by atoms with Crippen LogP contribution < -0.4 is 0 Å². The van der Waals surface area contributed by atoms with E-state index in [4.69, 9.17) is 0 Å². The van der Waals surface area contributed by atoms with Gasteiger partial charge in [-0.3, -0.25) is 4.90 Å². The zero-order valence-electron chi connectivity index (χ0n) is 19.6. The molecular formula is C30H37NO2. The van der Waals surface area contributed by atoms with E-state index < -0.39 is 6.10 Å². The molecular weight excluding hydrogens is 406 g/mol. The number of aliphatic hydroxyl groups is 2. The van der Waals surface area contributed by atoms with Crippen molar-refractivity contribution in [3.05, 3.63) is 88.6 Å². The van der Waals surface area contributed by atoms with E-state index in [2.05, 4.69) is 59.5 Å². The SMILES string of the molecule is OCCC/C(C1=CCCC=C1)=C(\C1=C[C@@H](O)CC=C1)c1ccc([C@H]2CCN(C3CC3)C2)cc1. The summed E-state index contributed by atoms with van der Waals surface area (Å²) in [5.41, 5.74) is 7.48. The lowest BCUT2D eigenvalue weighted by molar-refractivity contribution is 0.225. The van der Waals surface area contributed by atoms with Crippen LogP contribution in [0.2, 0.25) is 0 Å². The monoisotopic (exact) mass is 443 g/mol. The van der Waals surface area contributed by atoms with Gasteiger partial charge in [0.2, 0.25) is 0 Å². The second kappa shape index (κ2) is 10.4. The van der Waals surface area contributed by atoms with Crippen LogP contribution in [0.1, 0.15) is 68.4 Å². The summed E-state index contributed by atoms with van der Waals surface area (Å²) in [7, 11) is 0. The van der Waals surface area contributed by atoms with Gasteiger partial charge in [0.25, 0.3) is 0 Å². The summed E-state index contributed by atoms with van der Waals surface area (Å²) >= 11 is 0. The standard InChI is InChI=1S/C30H37NO2/c32-19-5-10-29(23-6-2-1-3-7-23)30(25-8-4-9-28(33)20-25)24-13-11-22(12-14-24)26-17-18-31(21-26)27-15-16-27/h2,4,6-8,11-14,20,26-28,32-33H,1,3,5,9-10,15-19,21H2/b30-29+/t26-,28-/m0/s1. The van der Waals surface area contributed by atoms with E-state index in [1.807, 2.05) is 6.08 Å². The number of aliphatic hydroxyl groups excluding tert-OH is 2. The summed E-state index contributed by atoms with van der Waals surface area (Å²) in [4.78, 5) is 2.68. The average Bonchev–Trinajstić information content (AvgIpc) is 3.59. The third kappa shape index (κ3) is 5.32. The topological polar surface area (TPSA) is 43.7 Å². The number of rotatable bonds is 8. The highest BCUT2D eigenvalue weighted by atomic mass is 16.3. The quantitative estimate of drug-likeness (QED) is 0.543. The highest BCUT2D eigenvalue weighted by molar-refractivity contribution is 5.87. The summed E-state index contributed by atoms with van der Waals surface area (Å²) < 4.78 is 0. The molecule has 4 aliphatic rings. The molecule has 174 valence electrons. The first-order chi connectivity index (χ1) is 16.2. The van der Waals surface area contributed by atoms with Crippen LogP contribution in [-0.2, 0) is 0 Å². The number of hydrogen-bond donors (Lipinski definition) is 2. The molecule has 0 bridgehead atoms. The number of likely N-dealkylation sites (tertiary alicyclic amines) is 1. The molecule has 0 spiro atoms. The van der Waals surface area contributed by atoms with E-state index >= 15 is 0 Å². The highest BCUT2D eigenvalue weighted by Gasteiger charge is 2.34. The fourth-order valence-corrected chi connectivity index (χ4v) is 5.61. The lowest BCUT2D eigenvalue weighted by Gasteiger charge is -2.23. The molecule has 5 rings (SSSR count). The largest absolute Gasteiger partial charge is 0.396 e. The average molecular weight is 444 g/mol. The Labute approximate surface area is 198 Å². The van der Waals surface area contributed by atoms with Gasteiger partial charge >= 0.3 is 0 Å². The predicted molar refractivity (Wildman–Crippen MR) is 136 cm³/mol. The van der Waals surface area contributed by atoms with Crippen molar-refractivity contribution in [2.24, 2.45) is 0 Å². The Balaban J connectivity index is 1.51.